The van der Waals surface area contributed by atoms with Crippen molar-refractivity contribution in [2.24, 2.45) is 23.7 Å². The summed E-state index contributed by atoms with van der Waals surface area (Å²) in [6, 6.07) is 19.3. The zero-order valence-electron chi connectivity index (χ0n) is 16.6. The van der Waals surface area contributed by atoms with Crippen molar-refractivity contribution in [2.75, 3.05) is 0 Å². The van der Waals surface area contributed by atoms with Crippen LogP contribution in [-0.2, 0) is 11.3 Å². The highest BCUT2D eigenvalue weighted by Gasteiger charge is 2.61. The van der Waals surface area contributed by atoms with Gasteiger partial charge in [0.05, 0.1) is 0 Å². The molecule has 0 saturated heterocycles. The number of amides is 2. The van der Waals surface area contributed by atoms with Crippen molar-refractivity contribution in [1.82, 2.24) is 10.6 Å². The van der Waals surface area contributed by atoms with Gasteiger partial charge in [0, 0.05) is 12.1 Å². The smallest absolute Gasteiger partial charge is 0.252 e. The lowest BCUT2D eigenvalue weighted by Crippen LogP contribution is -2.72. The standard InChI is InChI=1S/C25H28N2O2/c28-23(20-9-5-2-6-10-20)27-25(24(29)26-16-17-7-3-1-4-8-17)21-12-18-11-19(14-21)15-22(25)13-18/h1-10,18-19,21-22H,11-16H2,(H,26,29)(H,27,28). The van der Waals surface area contributed by atoms with Crippen molar-refractivity contribution in [3.05, 3.63) is 71.8 Å². The van der Waals surface area contributed by atoms with Crippen molar-refractivity contribution in [2.45, 2.75) is 44.2 Å². The Labute approximate surface area is 172 Å². The first kappa shape index (κ1) is 18.4. The van der Waals surface area contributed by atoms with Crippen molar-refractivity contribution >= 4 is 11.8 Å². The van der Waals surface area contributed by atoms with Crippen LogP contribution in [0.5, 0.6) is 0 Å². The molecule has 0 aliphatic heterocycles. The highest BCUT2D eigenvalue weighted by molar-refractivity contribution is 5.99. The molecule has 0 atom stereocenters. The van der Waals surface area contributed by atoms with Gasteiger partial charge in [-0.2, -0.15) is 0 Å². The van der Waals surface area contributed by atoms with Gasteiger partial charge in [0.1, 0.15) is 5.54 Å². The van der Waals surface area contributed by atoms with Crippen molar-refractivity contribution in [3.8, 4) is 0 Å². The molecule has 4 bridgehead atoms. The van der Waals surface area contributed by atoms with E-state index in [-0.39, 0.29) is 23.7 Å². The molecule has 2 aromatic rings. The predicted molar refractivity (Wildman–Crippen MR) is 112 cm³/mol. The Balaban J connectivity index is 1.43. The van der Waals surface area contributed by atoms with Gasteiger partial charge in [-0.25, -0.2) is 0 Å². The lowest BCUT2D eigenvalue weighted by atomic mass is 9.48. The van der Waals surface area contributed by atoms with E-state index in [2.05, 4.69) is 10.6 Å². The van der Waals surface area contributed by atoms with Crippen LogP contribution in [0.15, 0.2) is 60.7 Å². The zero-order valence-corrected chi connectivity index (χ0v) is 16.6. The fourth-order valence-corrected chi connectivity index (χ4v) is 6.33. The molecule has 0 aromatic heterocycles. The van der Waals surface area contributed by atoms with Gasteiger partial charge in [-0.05, 0) is 73.5 Å². The second kappa shape index (κ2) is 7.33. The molecule has 4 aliphatic carbocycles. The molecule has 2 aromatic carbocycles. The van der Waals surface area contributed by atoms with Crippen LogP contribution in [0.3, 0.4) is 0 Å². The van der Waals surface area contributed by atoms with Gasteiger partial charge in [0.25, 0.3) is 5.91 Å². The van der Waals surface area contributed by atoms with Crippen molar-refractivity contribution in [3.63, 3.8) is 0 Å². The van der Waals surface area contributed by atoms with Gasteiger partial charge >= 0.3 is 0 Å². The minimum absolute atomic E-state index is 0.000524. The fourth-order valence-electron chi connectivity index (χ4n) is 6.33. The number of rotatable bonds is 5. The summed E-state index contributed by atoms with van der Waals surface area (Å²) >= 11 is 0. The summed E-state index contributed by atoms with van der Waals surface area (Å²) in [5.74, 6) is 1.79. The first-order valence-corrected chi connectivity index (χ1v) is 10.8. The quantitative estimate of drug-likeness (QED) is 0.815. The molecule has 150 valence electrons. The van der Waals surface area contributed by atoms with E-state index in [1.807, 2.05) is 60.7 Å². The minimum Gasteiger partial charge on any atom is -0.350 e. The van der Waals surface area contributed by atoms with Crippen LogP contribution in [0.25, 0.3) is 0 Å². The number of hydrogen-bond acceptors (Lipinski definition) is 2. The predicted octanol–water partition coefficient (Wildman–Crippen LogP) is 3.93. The third kappa shape index (κ3) is 3.25. The summed E-state index contributed by atoms with van der Waals surface area (Å²) in [4.78, 5) is 26.8. The third-order valence-electron chi connectivity index (χ3n) is 7.45. The molecule has 2 N–H and O–H groups in total. The summed E-state index contributed by atoms with van der Waals surface area (Å²) < 4.78 is 0. The molecule has 4 fully saturated rings. The monoisotopic (exact) mass is 388 g/mol. The molecule has 0 radical (unpaired) electrons. The molecule has 0 heterocycles. The molecule has 4 heteroatoms. The summed E-state index contributed by atoms with van der Waals surface area (Å²) in [6.45, 7) is 0.495. The number of nitrogens with one attached hydrogen (secondary N) is 2. The molecule has 0 unspecified atom stereocenters. The lowest BCUT2D eigenvalue weighted by molar-refractivity contribution is -0.145. The molecule has 6 rings (SSSR count). The molecular weight excluding hydrogens is 360 g/mol. The maximum Gasteiger partial charge on any atom is 0.252 e. The van der Waals surface area contributed by atoms with Gasteiger partial charge < -0.3 is 10.6 Å². The van der Waals surface area contributed by atoms with Crippen LogP contribution < -0.4 is 10.6 Å². The van der Waals surface area contributed by atoms with Crippen LogP contribution in [0.4, 0.5) is 0 Å². The summed E-state index contributed by atoms with van der Waals surface area (Å²) in [5.41, 5.74) is 0.917. The topological polar surface area (TPSA) is 58.2 Å². The van der Waals surface area contributed by atoms with E-state index in [4.69, 9.17) is 0 Å². The van der Waals surface area contributed by atoms with Crippen LogP contribution in [0.1, 0.15) is 48.0 Å². The van der Waals surface area contributed by atoms with Crippen LogP contribution in [0.2, 0.25) is 0 Å². The maximum atomic E-state index is 13.7. The largest absolute Gasteiger partial charge is 0.350 e. The Bertz CT molecular complexity index is 866. The van der Waals surface area contributed by atoms with Crippen LogP contribution >= 0.6 is 0 Å². The Morgan fingerprint density at radius 1 is 0.793 bits per heavy atom. The summed E-state index contributed by atoms with van der Waals surface area (Å²) in [7, 11) is 0. The van der Waals surface area contributed by atoms with E-state index in [0.29, 0.717) is 12.1 Å². The van der Waals surface area contributed by atoms with E-state index >= 15 is 0 Å². The molecular formula is C25H28N2O2. The normalized spacial score (nSPS) is 32.0. The van der Waals surface area contributed by atoms with Crippen LogP contribution in [-0.4, -0.2) is 17.4 Å². The Hall–Kier alpha value is -2.62. The molecule has 29 heavy (non-hydrogen) atoms. The molecule has 4 aliphatic rings. The van der Waals surface area contributed by atoms with Gasteiger partial charge in [0.2, 0.25) is 5.91 Å². The van der Waals surface area contributed by atoms with E-state index in [1.165, 1.54) is 6.42 Å². The highest BCUT2D eigenvalue weighted by Crippen LogP contribution is 2.58. The summed E-state index contributed by atoms with van der Waals surface area (Å²) in [6.07, 6.45) is 5.53. The number of benzene rings is 2. The molecule has 2 amide bonds. The molecule has 0 spiro atoms. The lowest BCUT2D eigenvalue weighted by Gasteiger charge is -2.60. The van der Waals surface area contributed by atoms with E-state index in [9.17, 15) is 9.59 Å². The van der Waals surface area contributed by atoms with Gasteiger partial charge in [0.15, 0.2) is 0 Å². The summed E-state index contributed by atoms with van der Waals surface area (Å²) in [5, 5.41) is 6.45. The SMILES string of the molecule is O=C(NC1(C(=O)NCc2ccccc2)C2CC3CC(C2)CC1C3)c1ccccc1. The van der Waals surface area contributed by atoms with Crippen LogP contribution in [0, 0.1) is 23.7 Å². The number of hydrogen-bond donors (Lipinski definition) is 2. The van der Waals surface area contributed by atoms with Crippen molar-refractivity contribution < 1.29 is 9.59 Å². The van der Waals surface area contributed by atoms with E-state index < -0.39 is 5.54 Å². The van der Waals surface area contributed by atoms with Gasteiger partial charge in [-0.3, -0.25) is 9.59 Å². The Kier molecular flexibility index (Phi) is 4.65. The number of carbonyl (C=O) groups is 2. The van der Waals surface area contributed by atoms with Crippen molar-refractivity contribution in [1.29, 1.82) is 0 Å². The zero-order chi connectivity index (χ0) is 19.8. The molecule has 4 nitrogen and oxygen atoms in total. The van der Waals surface area contributed by atoms with Gasteiger partial charge in [-0.15, -0.1) is 0 Å². The average molecular weight is 389 g/mol. The second-order valence-corrected chi connectivity index (χ2v) is 9.16. The average Bonchev–Trinajstić information content (AvgIpc) is 2.75. The highest BCUT2D eigenvalue weighted by atomic mass is 16.2. The maximum absolute atomic E-state index is 13.7. The fraction of sp³-hybridized carbons (Fsp3) is 0.440. The molecule has 4 saturated carbocycles. The van der Waals surface area contributed by atoms with E-state index in [1.54, 1.807) is 0 Å². The first-order valence-electron chi connectivity index (χ1n) is 10.8. The Morgan fingerprint density at radius 2 is 1.34 bits per heavy atom. The minimum atomic E-state index is -0.783. The van der Waals surface area contributed by atoms with Gasteiger partial charge in [-0.1, -0.05) is 48.5 Å². The second-order valence-electron chi connectivity index (χ2n) is 9.16. The number of carbonyl (C=O) groups excluding carboxylic acids is 2. The first-order chi connectivity index (χ1) is 14.1. The van der Waals surface area contributed by atoms with E-state index in [0.717, 1.165) is 43.1 Å². The third-order valence-corrected chi connectivity index (χ3v) is 7.45. The Morgan fingerprint density at radius 3 is 1.93 bits per heavy atom.